The highest BCUT2D eigenvalue weighted by molar-refractivity contribution is 7.99. The van der Waals surface area contributed by atoms with Gasteiger partial charge in [-0.3, -0.25) is 4.79 Å². The van der Waals surface area contributed by atoms with E-state index >= 15 is 0 Å². The van der Waals surface area contributed by atoms with Crippen LogP contribution in [0, 0.1) is 11.7 Å². The first kappa shape index (κ1) is 19.0. The van der Waals surface area contributed by atoms with Gasteiger partial charge in [-0.05, 0) is 68.3 Å². The van der Waals surface area contributed by atoms with E-state index < -0.39 is 5.82 Å². The van der Waals surface area contributed by atoms with Crippen molar-refractivity contribution < 1.29 is 9.18 Å². The lowest BCUT2D eigenvalue weighted by atomic mass is 9.94. The number of benzene rings is 1. The molecule has 1 amide bonds. The molecule has 2 fully saturated rings. The Labute approximate surface area is 158 Å². The van der Waals surface area contributed by atoms with Gasteiger partial charge in [0.1, 0.15) is 5.82 Å². The largest absolute Gasteiger partial charge is 0.356 e. The van der Waals surface area contributed by atoms with Crippen molar-refractivity contribution >= 4 is 29.3 Å². The number of hydrogen-bond acceptors (Lipinski definition) is 3. The number of amides is 1. The zero-order chi connectivity index (χ0) is 17.6. The van der Waals surface area contributed by atoms with Crippen molar-refractivity contribution in [3.63, 3.8) is 0 Å². The van der Waals surface area contributed by atoms with Crippen LogP contribution in [0.4, 0.5) is 4.39 Å². The number of hydrogen-bond donors (Lipinski definition) is 1. The fraction of sp³-hybridized carbons (Fsp3) is 0.632. The van der Waals surface area contributed by atoms with E-state index in [1.807, 2.05) is 0 Å². The molecule has 138 valence electrons. The van der Waals surface area contributed by atoms with Crippen molar-refractivity contribution in [1.82, 2.24) is 10.2 Å². The van der Waals surface area contributed by atoms with E-state index in [0.29, 0.717) is 17.5 Å². The van der Waals surface area contributed by atoms with Crippen LogP contribution in [0.15, 0.2) is 18.2 Å². The van der Waals surface area contributed by atoms with Gasteiger partial charge in [-0.25, -0.2) is 4.39 Å². The number of rotatable bonds is 5. The zero-order valence-electron chi connectivity index (χ0n) is 14.5. The van der Waals surface area contributed by atoms with Crippen LogP contribution in [0.3, 0.4) is 0 Å². The quantitative estimate of drug-likeness (QED) is 0.839. The molecule has 2 aliphatic heterocycles. The van der Waals surface area contributed by atoms with Crippen LogP contribution >= 0.6 is 23.4 Å². The second-order valence-corrected chi connectivity index (χ2v) is 8.64. The molecule has 2 heterocycles. The summed E-state index contributed by atoms with van der Waals surface area (Å²) in [4.78, 5) is 14.8. The van der Waals surface area contributed by atoms with E-state index in [1.165, 1.54) is 30.4 Å². The van der Waals surface area contributed by atoms with Crippen LogP contribution in [0.2, 0.25) is 5.02 Å². The molecule has 3 nitrogen and oxygen atoms in total. The number of carbonyl (C=O) groups is 1. The highest BCUT2D eigenvalue weighted by atomic mass is 35.5. The van der Waals surface area contributed by atoms with E-state index in [9.17, 15) is 9.18 Å². The Hall–Kier alpha value is -0.780. The standard InChI is InChI=1S/C19H26ClFN2OS/c20-17-2-1-3-18(21)16(17)12-19(24)22-13-14-4-8-23(9-5-14)15-6-10-25-11-7-15/h1-3,14-15H,4-13H2,(H,22,24). The number of nitrogens with zero attached hydrogens (tertiary/aromatic N) is 1. The van der Waals surface area contributed by atoms with E-state index in [-0.39, 0.29) is 17.9 Å². The van der Waals surface area contributed by atoms with Crippen LogP contribution in [0.25, 0.3) is 0 Å². The van der Waals surface area contributed by atoms with Crippen LogP contribution < -0.4 is 5.32 Å². The lowest BCUT2D eigenvalue weighted by molar-refractivity contribution is -0.120. The molecule has 0 unspecified atom stereocenters. The summed E-state index contributed by atoms with van der Waals surface area (Å²) >= 11 is 8.05. The van der Waals surface area contributed by atoms with Crippen molar-refractivity contribution in [1.29, 1.82) is 0 Å². The normalized spacial score (nSPS) is 20.6. The smallest absolute Gasteiger partial charge is 0.224 e. The van der Waals surface area contributed by atoms with Gasteiger partial charge in [0.25, 0.3) is 0 Å². The molecule has 2 aliphatic rings. The third-order valence-electron chi connectivity index (χ3n) is 5.34. The molecule has 1 N–H and O–H groups in total. The molecule has 0 saturated carbocycles. The highest BCUT2D eigenvalue weighted by Gasteiger charge is 2.26. The first-order valence-corrected chi connectivity index (χ1v) is 10.7. The number of nitrogens with one attached hydrogen (secondary N) is 1. The minimum absolute atomic E-state index is 0.00406. The van der Waals surface area contributed by atoms with Crippen molar-refractivity contribution in [2.24, 2.45) is 5.92 Å². The third-order valence-corrected chi connectivity index (χ3v) is 6.75. The number of likely N-dealkylation sites (tertiary alicyclic amines) is 1. The molecule has 3 rings (SSSR count). The first-order chi connectivity index (χ1) is 12.1. The number of piperidine rings is 1. The summed E-state index contributed by atoms with van der Waals surface area (Å²) < 4.78 is 13.8. The molecule has 0 bridgehead atoms. The number of thioether (sulfide) groups is 1. The summed E-state index contributed by atoms with van der Waals surface area (Å²) in [7, 11) is 0. The molecule has 0 radical (unpaired) electrons. The molecular weight excluding hydrogens is 359 g/mol. The van der Waals surface area contributed by atoms with Crippen molar-refractivity contribution in [2.45, 2.75) is 38.1 Å². The average molecular weight is 385 g/mol. The van der Waals surface area contributed by atoms with Crippen LogP contribution in [-0.2, 0) is 11.2 Å². The maximum absolute atomic E-state index is 13.8. The SMILES string of the molecule is O=C(Cc1c(F)cccc1Cl)NCC1CCN(C2CCSCC2)CC1. The van der Waals surface area contributed by atoms with E-state index in [1.54, 1.807) is 12.1 Å². The monoisotopic (exact) mass is 384 g/mol. The Bertz CT molecular complexity index is 567. The summed E-state index contributed by atoms with van der Waals surface area (Å²) in [5.41, 5.74) is 0.284. The topological polar surface area (TPSA) is 32.3 Å². The Balaban J connectivity index is 1.40. The molecule has 25 heavy (non-hydrogen) atoms. The van der Waals surface area contributed by atoms with Crippen LogP contribution in [-0.4, -0.2) is 48.0 Å². The molecular formula is C19H26ClFN2OS. The second-order valence-electron chi connectivity index (χ2n) is 7.00. The fourth-order valence-corrected chi connectivity index (χ4v) is 5.07. The molecule has 1 aromatic carbocycles. The van der Waals surface area contributed by atoms with Gasteiger partial charge in [-0.1, -0.05) is 17.7 Å². The predicted octanol–water partition coefficient (Wildman–Crippen LogP) is 3.75. The third kappa shape index (κ3) is 5.35. The molecule has 2 saturated heterocycles. The summed E-state index contributed by atoms with van der Waals surface area (Å²) in [6.45, 7) is 2.95. The Morgan fingerprint density at radius 2 is 1.96 bits per heavy atom. The summed E-state index contributed by atoms with van der Waals surface area (Å²) in [5.74, 6) is 2.54. The van der Waals surface area contributed by atoms with Crippen molar-refractivity contribution in [3.05, 3.63) is 34.6 Å². The number of halogens is 2. The van der Waals surface area contributed by atoms with Gasteiger partial charge >= 0.3 is 0 Å². The van der Waals surface area contributed by atoms with Gasteiger partial charge < -0.3 is 10.2 Å². The minimum atomic E-state index is -0.415. The Morgan fingerprint density at radius 3 is 2.64 bits per heavy atom. The maximum Gasteiger partial charge on any atom is 0.224 e. The van der Waals surface area contributed by atoms with Gasteiger partial charge in [-0.15, -0.1) is 0 Å². The van der Waals surface area contributed by atoms with E-state index in [2.05, 4.69) is 22.0 Å². The molecule has 0 aliphatic carbocycles. The van der Waals surface area contributed by atoms with Crippen LogP contribution in [0.1, 0.15) is 31.2 Å². The van der Waals surface area contributed by atoms with Gasteiger partial charge in [0.2, 0.25) is 5.91 Å². The van der Waals surface area contributed by atoms with Crippen molar-refractivity contribution in [3.8, 4) is 0 Å². The summed E-state index contributed by atoms with van der Waals surface area (Å²) in [5, 5.41) is 3.28. The van der Waals surface area contributed by atoms with Crippen molar-refractivity contribution in [2.75, 3.05) is 31.1 Å². The molecule has 1 aromatic rings. The first-order valence-electron chi connectivity index (χ1n) is 9.15. The molecule has 0 atom stereocenters. The molecule has 0 spiro atoms. The van der Waals surface area contributed by atoms with Gasteiger partial charge in [0.15, 0.2) is 0 Å². The Kier molecular flexibility index (Phi) is 7.02. The predicted molar refractivity (Wildman–Crippen MR) is 103 cm³/mol. The zero-order valence-corrected chi connectivity index (χ0v) is 16.0. The molecule has 6 heteroatoms. The van der Waals surface area contributed by atoms with Gasteiger partial charge in [-0.2, -0.15) is 11.8 Å². The lowest BCUT2D eigenvalue weighted by Gasteiger charge is -2.39. The molecule has 0 aromatic heterocycles. The van der Waals surface area contributed by atoms with E-state index in [4.69, 9.17) is 11.6 Å². The Morgan fingerprint density at radius 1 is 1.24 bits per heavy atom. The van der Waals surface area contributed by atoms with Crippen LogP contribution in [0.5, 0.6) is 0 Å². The minimum Gasteiger partial charge on any atom is -0.356 e. The number of carbonyl (C=O) groups excluding carboxylic acids is 1. The van der Waals surface area contributed by atoms with Gasteiger partial charge in [0.05, 0.1) is 6.42 Å². The second kappa shape index (κ2) is 9.24. The fourth-order valence-electron chi connectivity index (χ4n) is 3.75. The van der Waals surface area contributed by atoms with E-state index in [0.717, 1.165) is 32.0 Å². The lowest BCUT2D eigenvalue weighted by Crippen LogP contribution is -2.45. The summed E-state index contributed by atoms with van der Waals surface area (Å²) in [6.07, 6.45) is 4.89. The highest BCUT2D eigenvalue weighted by Crippen LogP contribution is 2.26. The van der Waals surface area contributed by atoms with Gasteiger partial charge in [0, 0.05) is 23.2 Å². The maximum atomic E-state index is 13.8. The average Bonchev–Trinajstić information content (AvgIpc) is 2.64. The summed E-state index contributed by atoms with van der Waals surface area (Å²) in [6, 6.07) is 5.28.